The first-order chi connectivity index (χ1) is 8.16. The van der Waals surface area contributed by atoms with E-state index < -0.39 is 0 Å². The van der Waals surface area contributed by atoms with Crippen molar-refractivity contribution in [3.8, 4) is 0 Å². The maximum absolute atomic E-state index is 13.0. The lowest BCUT2D eigenvalue weighted by Crippen LogP contribution is -2.32. The first kappa shape index (κ1) is 12.6. The Morgan fingerprint density at radius 2 is 2.18 bits per heavy atom. The van der Waals surface area contributed by atoms with Gasteiger partial charge in [-0.15, -0.1) is 0 Å². The molecule has 2 atom stereocenters. The summed E-state index contributed by atoms with van der Waals surface area (Å²) in [5, 5.41) is 3.63. The molecule has 1 aliphatic rings. The van der Waals surface area contributed by atoms with Gasteiger partial charge in [0.2, 0.25) is 0 Å². The lowest BCUT2D eigenvalue weighted by molar-refractivity contribution is 0.430. The Bertz CT molecular complexity index is 375. The van der Waals surface area contributed by atoms with E-state index >= 15 is 0 Å². The fourth-order valence-corrected chi connectivity index (χ4v) is 2.78. The van der Waals surface area contributed by atoms with Crippen molar-refractivity contribution in [3.63, 3.8) is 0 Å². The molecule has 0 bridgehead atoms. The maximum atomic E-state index is 13.0. The minimum Gasteiger partial charge on any atom is -0.313 e. The van der Waals surface area contributed by atoms with Crippen molar-refractivity contribution >= 4 is 0 Å². The van der Waals surface area contributed by atoms with Gasteiger partial charge in [0.25, 0.3) is 0 Å². The van der Waals surface area contributed by atoms with Gasteiger partial charge in [-0.25, -0.2) is 4.39 Å². The summed E-state index contributed by atoms with van der Waals surface area (Å²) in [5.74, 6) is 0.674. The Labute approximate surface area is 103 Å². The van der Waals surface area contributed by atoms with E-state index in [9.17, 15) is 4.39 Å². The van der Waals surface area contributed by atoms with Crippen LogP contribution in [0.25, 0.3) is 0 Å². The second-order valence-electron chi connectivity index (χ2n) is 5.29. The van der Waals surface area contributed by atoms with Crippen LogP contribution in [0.1, 0.15) is 37.3 Å². The normalized spacial score (nSPS) is 24.2. The molecule has 1 saturated carbocycles. The van der Waals surface area contributed by atoms with Gasteiger partial charge in [0.1, 0.15) is 5.82 Å². The fraction of sp³-hybridized carbons (Fsp3) is 0.600. The van der Waals surface area contributed by atoms with Gasteiger partial charge in [-0.05, 0) is 61.9 Å². The van der Waals surface area contributed by atoms with E-state index in [1.165, 1.54) is 24.8 Å². The second kappa shape index (κ2) is 5.63. The van der Waals surface area contributed by atoms with Crippen molar-refractivity contribution in [3.05, 3.63) is 35.1 Å². The Morgan fingerprint density at radius 3 is 2.82 bits per heavy atom. The van der Waals surface area contributed by atoms with E-state index in [0.29, 0.717) is 6.04 Å². The van der Waals surface area contributed by atoms with Crippen molar-refractivity contribution in [2.24, 2.45) is 5.92 Å². The van der Waals surface area contributed by atoms with Crippen LogP contribution in [0.4, 0.5) is 4.39 Å². The molecule has 1 nitrogen and oxygen atoms in total. The zero-order chi connectivity index (χ0) is 12.3. The molecule has 1 aromatic rings. The van der Waals surface area contributed by atoms with E-state index in [1.54, 1.807) is 12.1 Å². The van der Waals surface area contributed by atoms with Crippen LogP contribution in [0.15, 0.2) is 18.2 Å². The van der Waals surface area contributed by atoms with Crippen molar-refractivity contribution in [2.75, 3.05) is 6.54 Å². The van der Waals surface area contributed by atoms with Crippen LogP contribution < -0.4 is 5.32 Å². The van der Waals surface area contributed by atoms with Crippen molar-refractivity contribution in [2.45, 2.75) is 45.6 Å². The van der Waals surface area contributed by atoms with Crippen molar-refractivity contribution < 1.29 is 4.39 Å². The molecule has 0 aromatic heterocycles. The smallest absolute Gasteiger partial charge is 0.123 e. The number of halogens is 1. The molecule has 1 aliphatic carbocycles. The van der Waals surface area contributed by atoms with E-state index in [4.69, 9.17) is 0 Å². The van der Waals surface area contributed by atoms with Gasteiger partial charge >= 0.3 is 0 Å². The van der Waals surface area contributed by atoms with Crippen LogP contribution in [0.5, 0.6) is 0 Å². The highest BCUT2D eigenvalue weighted by molar-refractivity contribution is 5.26. The standard InChI is InChI=1S/C15H22FN/c1-11-4-3-5-15(11)17-9-8-13-6-7-14(16)10-12(13)2/h6-7,10-11,15,17H,3-5,8-9H2,1-2H3. The van der Waals surface area contributed by atoms with Crippen LogP contribution in [-0.4, -0.2) is 12.6 Å². The Morgan fingerprint density at radius 1 is 1.35 bits per heavy atom. The lowest BCUT2D eigenvalue weighted by Gasteiger charge is -2.17. The van der Waals surface area contributed by atoms with Gasteiger partial charge in [-0.3, -0.25) is 0 Å². The average molecular weight is 235 g/mol. The Kier molecular flexibility index (Phi) is 4.16. The summed E-state index contributed by atoms with van der Waals surface area (Å²) in [6.07, 6.45) is 5.01. The van der Waals surface area contributed by atoms with Crippen LogP contribution in [0.2, 0.25) is 0 Å². The van der Waals surface area contributed by atoms with Crippen LogP contribution in [-0.2, 0) is 6.42 Å². The molecule has 0 radical (unpaired) electrons. The number of benzene rings is 1. The molecule has 0 saturated heterocycles. The number of hydrogen-bond donors (Lipinski definition) is 1. The fourth-order valence-electron chi connectivity index (χ4n) is 2.78. The molecule has 1 fully saturated rings. The molecule has 94 valence electrons. The SMILES string of the molecule is Cc1cc(F)ccc1CCNC1CCCC1C. The van der Waals surface area contributed by atoms with Gasteiger partial charge in [0, 0.05) is 6.04 Å². The summed E-state index contributed by atoms with van der Waals surface area (Å²) in [6.45, 7) is 5.31. The van der Waals surface area contributed by atoms with E-state index in [1.807, 2.05) is 13.0 Å². The average Bonchev–Trinajstić information content (AvgIpc) is 2.68. The monoisotopic (exact) mass is 235 g/mol. The molecule has 17 heavy (non-hydrogen) atoms. The van der Waals surface area contributed by atoms with Crippen LogP contribution in [0.3, 0.4) is 0 Å². The molecule has 1 N–H and O–H groups in total. The number of rotatable bonds is 4. The third-order valence-electron chi connectivity index (χ3n) is 3.97. The quantitative estimate of drug-likeness (QED) is 0.842. The van der Waals surface area contributed by atoms with Gasteiger partial charge in [0.15, 0.2) is 0 Å². The predicted octanol–water partition coefficient (Wildman–Crippen LogP) is 3.45. The molecule has 0 heterocycles. The van der Waals surface area contributed by atoms with E-state index in [-0.39, 0.29) is 5.82 Å². The van der Waals surface area contributed by atoms with Gasteiger partial charge in [0.05, 0.1) is 0 Å². The highest BCUT2D eigenvalue weighted by atomic mass is 19.1. The van der Waals surface area contributed by atoms with Crippen LogP contribution >= 0.6 is 0 Å². The summed E-state index contributed by atoms with van der Waals surface area (Å²) < 4.78 is 13.0. The summed E-state index contributed by atoms with van der Waals surface area (Å²) in [5.41, 5.74) is 2.32. The molecule has 2 unspecified atom stereocenters. The molecule has 0 spiro atoms. The topological polar surface area (TPSA) is 12.0 Å². The lowest BCUT2D eigenvalue weighted by atomic mass is 10.0. The minimum atomic E-state index is -0.136. The van der Waals surface area contributed by atoms with Gasteiger partial charge < -0.3 is 5.32 Å². The zero-order valence-electron chi connectivity index (χ0n) is 10.8. The highest BCUT2D eigenvalue weighted by Crippen LogP contribution is 2.24. The second-order valence-corrected chi connectivity index (χ2v) is 5.29. The summed E-state index contributed by atoms with van der Waals surface area (Å²) in [4.78, 5) is 0. The third kappa shape index (κ3) is 3.29. The molecule has 2 rings (SSSR count). The number of hydrogen-bond acceptors (Lipinski definition) is 1. The van der Waals surface area contributed by atoms with Gasteiger partial charge in [-0.1, -0.05) is 19.4 Å². The van der Waals surface area contributed by atoms with Gasteiger partial charge in [-0.2, -0.15) is 0 Å². The Hall–Kier alpha value is -0.890. The highest BCUT2D eigenvalue weighted by Gasteiger charge is 2.22. The molecular weight excluding hydrogens is 213 g/mol. The van der Waals surface area contributed by atoms with E-state index in [0.717, 1.165) is 24.4 Å². The van der Waals surface area contributed by atoms with Crippen LogP contribution in [0, 0.1) is 18.7 Å². The molecular formula is C15H22FN. The zero-order valence-corrected chi connectivity index (χ0v) is 10.8. The first-order valence-corrected chi connectivity index (χ1v) is 6.65. The largest absolute Gasteiger partial charge is 0.313 e. The predicted molar refractivity (Wildman–Crippen MR) is 69.6 cm³/mol. The molecule has 2 heteroatoms. The first-order valence-electron chi connectivity index (χ1n) is 6.65. The number of nitrogens with one attached hydrogen (secondary N) is 1. The van der Waals surface area contributed by atoms with E-state index in [2.05, 4.69) is 12.2 Å². The van der Waals surface area contributed by atoms with Crippen molar-refractivity contribution in [1.82, 2.24) is 5.32 Å². The molecule has 1 aromatic carbocycles. The molecule has 0 aliphatic heterocycles. The molecule has 0 amide bonds. The number of aryl methyl sites for hydroxylation is 1. The maximum Gasteiger partial charge on any atom is 0.123 e. The Balaban J connectivity index is 1.81. The summed E-state index contributed by atoms with van der Waals surface area (Å²) in [6, 6.07) is 5.77. The summed E-state index contributed by atoms with van der Waals surface area (Å²) in [7, 11) is 0. The van der Waals surface area contributed by atoms with Crippen molar-refractivity contribution in [1.29, 1.82) is 0 Å². The third-order valence-corrected chi connectivity index (χ3v) is 3.97. The minimum absolute atomic E-state index is 0.136. The summed E-state index contributed by atoms with van der Waals surface area (Å²) >= 11 is 0.